The van der Waals surface area contributed by atoms with Gasteiger partial charge in [-0.15, -0.1) is 0 Å². The van der Waals surface area contributed by atoms with Gasteiger partial charge < -0.3 is 14.5 Å². The predicted molar refractivity (Wildman–Crippen MR) is 74.9 cm³/mol. The van der Waals surface area contributed by atoms with Gasteiger partial charge in [-0.05, 0) is 40.9 Å². The van der Waals surface area contributed by atoms with Crippen LogP contribution in [-0.4, -0.2) is 22.5 Å². The van der Waals surface area contributed by atoms with Crippen LogP contribution in [0.3, 0.4) is 0 Å². The summed E-state index contributed by atoms with van der Waals surface area (Å²) in [6, 6.07) is 3.83. The van der Waals surface area contributed by atoms with Crippen molar-refractivity contribution in [3.63, 3.8) is 0 Å². The highest BCUT2D eigenvalue weighted by molar-refractivity contribution is 9.10. The summed E-state index contributed by atoms with van der Waals surface area (Å²) in [4.78, 5) is 0. The topological polar surface area (TPSA) is 52.2 Å². The maximum absolute atomic E-state index is 5.60. The molecule has 1 unspecified atom stereocenters. The van der Waals surface area contributed by atoms with Crippen molar-refractivity contribution in [1.29, 1.82) is 0 Å². The Morgan fingerprint density at radius 2 is 2.42 bits per heavy atom. The fraction of sp³-hybridized carbons (Fsp3) is 0.462. The first kappa shape index (κ1) is 12.7. The van der Waals surface area contributed by atoms with Crippen LogP contribution in [0.1, 0.15) is 18.6 Å². The van der Waals surface area contributed by atoms with E-state index < -0.39 is 0 Å². The molecule has 1 aliphatic heterocycles. The monoisotopic (exact) mass is 325 g/mol. The number of hydrogen-bond donors (Lipinski definition) is 1. The van der Waals surface area contributed by atoms with Crippen molar-refractivity contribution < 1.29 is 9.15 Å². The van der Waals surface area contributed by atoms with Gasteiger partial charge in [0, 0.05) is 12.8 Å². The third-order valence-electron chi connectivity index (χ3n) is 3.14. The molecule has 1 N–H and O–H groups in total. The quantitative estimate of drug-likeness (QED) is 0.918. The molecule has 6 heteroatoms. The number of furan rings is 1. The molecule has 1 aliphatic rings. The molecule has 3 rings (SSSR count). The first-order valence-electron chi connectivity index (χ1n) is 6.42. The van der Waals surface area contributed by atoms with Crippen LogP contribution in [0.15, 0.2) is 33.6 Å². The number of rotatable bonds is 5. The molecule has 5 nitrogen and oxygen atoms in total. The maximum Gasteiger partial charge on any atom is 0.169 e. The summed E-state index contributed by atoms with van der Waals surface area (Å²) >= 11 is 3.29. The number of anilines is 1. The molecule has 0 aromatic carbocycles. The second-order valence-corrected chi connectivity index (χ2v) is 5.43. The highest BCUT2D eigenvalue weighted by atomic mass is 79.9. The number of nitrogens with one attached hydrogen (secondary N) is 1. The number of hydrogen-bond acceptors (Lipinski definition) is 4. The summed E-state index contributed by atoms with van der Waals surface area (Å²) in [5.41, 5.74) is 0.991. The lowest BCUT2D eigenvalue weighted by molar-refractivity contribution is 0.0940. The van der Waals surface area contributed by atoms with Gasteiger partial charge in [-0.2, -0.15) is 5.10 Å². The van der Waals surface area contributed by atoms with Crippen molar-refractivity contribution >= 4 is 21.6 Å². The fourth-order valence-corrected chi connectivity index (χ4v) is 2.53. The first-order chi connectivity index (χ1) is 9.29. The van der Waals surface area contributed by atoms with Crippen LogP contribution in [0, 0.1) is 0 Å². The Kier molecular flexibility index (Phi) is 3.89. The molecular formula is C13H16BrN3O2. The van der Waals surface area contributed by atoms with Gasteiger partial charge in [0.15, 0.2) is 4.67 Å². The number of halogens is 1. The molecule has 1 saturated heterocycles. The lowest BCUT2D eigenvalue weighted by Gasteiger charge is -2.08. The highest BCUT2D eigenvalue weighted by Crippen LogP contribution is 2.17. The summed E-state index contributed by atoms with van der Waals surface area (Å²) in [5.74, 6) is 0.888. The average molecular weight is 326 g/mol. The van der Waals surface area contributed by atoms with Gasteiger partial charge in [0.2, 0.25) is 0 Å². The van der Waals surface area contributed by atoms with Crippen LogP contribution in [0.2, 0.25) is 0 Å². The minimum absolute atomic E-state index is 0.314. The molecule has 0 aliphatic carbocycles. The van der Waals surface area contributed by atoms with E-state index in [9.17, 15) is 0 Å². The second kappa shape index (κ2) is 5.79. The summed E-state index contributed by atoms with van der Waals surface area (Å²) in [7, 11) is 0. The molecule has 19 heavy (non-hydrogen) atoms. The third-order valence-corrected chi connectivity index (χ3v) is 3.57. The maximum atomic E-state index is 5.60. The Hall–Kier alpha value is -1.27. The van der Waals surface area contributed by atoms with E-state index in [1.54, 1.807) is 0 Å². The van der Waals surface area contributed by atoms with E-state index in [2.05, 4.69) is 26.3 Å². The third kappa shape index (κ3) is 3.39. The van der Waals surface area contributed by atoms with Crippen molar-refractivity contribution in [3.8, 4) is 0 Å². The number of nitrogens with zero attached hydrogens (tertiary/aromatic N) is 2. The lowest BCUT2D eigenvalue weighted by atomic mass is 10.2. The molecular weight excluding hydrogens is 310 g/mol. The van der Waals surface area contributed by atoms with E-state index >= 15 is 0 Å². The van der Waals surface area contributed by atoms with Crippen LogP contribution < -0.4 is 5.32 Å². The van der Waals surface area contributed by atoms with Crippen LogP contribution in [-0.2, 0) is 17.8 Å². The summed E-state index contributed by atoms with van der Waals surface area (Å²) < 4.78 is 13.7. The fourth-order valence-electron chi connectivity index (χ4n) is 2.19. The molecule has 1 atom stereocenters. The van der Waals surface area contributed by atoms with Gasteiger partial charge in [-0.1, -0.05) is 0 Å². The largest absolute Gasteiger partial charge is 0.452 e. The van der Waals surface area contributed by atoms with E-state index in [4.69, 9.17) is 9.15 Å². The van der Waals surface area contributed by atoms with Crippen LogP contribution in [0.25, 0.3) is 0 Å². The van der Waals surface area contributed by atoms with Crippen molar-refractivity contribution in [2.75, 3.05) is 11.9 Å². The minimum Gasteiger partial charge on any atom is -0.452 e. The van der Waals surface area contributed by atoms with E-state index in [-0.39, 0.29) is 0 Å². The molecule has 1 fully saturated rings. The average Bonchev–Trinajstić information content (AvgIpc) is 3.10. The predicted octanol–water partition coefficient (Wildman–Crippen LogP) is 3.03. The van der Waals surface area contributed by atoms with E-state index in [0.717, 1.165) is 42.1 Å². The van der Waals surface area contributed by atoms with Crippen molar-refractivity contribution in [2.24, 2.45) is 0 Å². The Balaban J connectivity index is 1.52. The molecule has 102 valence electrons. The minimum atomic E-state index is 0.314. The molecule has 2 aromatic heterocycles. The lowest BCUT2D eigenvalue weighted by Crippen LogP contribution is -2.15. The Labute approximate surface area is 120 Å². The normalized spacial score (nSPS) is 18.9. The Morgan fingerprint density at radius 3 is 3.16 bits per heavy atom. The first-order valence-corrected chi connectivity index (χ1v) is 7.21. The van der Waals surface area contributed by atoms with Crippen molar-refractivity contribution in [2.45, 2.75) is 32.0 Å². The smallest absolute Gasteiger partial charge is 0.169 e. The van der Waals surface area contributed by atoms with Gasteiger partial charge in [-0.25, -0.2) is 0 Å². The molecule has 0 bridgehead atoms. The van der Waals surface area contributed by atoms with Crippen LogP contribution >= 0.6 is 15.9 Å². The van der Waals surface area contributed by atoms with Gasteiger partial charge in [0.25, 0.3) is 0 Å². The summed E-state index contributed by atoms with van der Waals surface area (Å²) in [6.07, 6.45) is 6.42. The van der Waals surface area contributed by atoms with Gasteiger partial charge in [0.05, 0.1) is 31.1 Å². The molecule has 0 amide bonds. The zero-order valence-corrected chi connectivity index (χ0v) is 12.1. The standard InChI is InChI=1S/C13H16BrN3O2/c14-13-4-3-11(19-13)7-15-10-6-16-17(8-10)9-12-2-1-5-18-12/h3-4,6,8,12,15H,1-2,5,7,9H2. The van der Waals surface area contributed by atoms with Crippen LogP contribution in [0.4, 0.5) is 5.69 Å². The van der Waals surface area contributed by atoms with E-state index in [0.29, 0.717) is 12.6 Å². The van der Waals surface area contributed by atoms with Gasteiger partial charge in [0.1, 0.15) is 5.76 Å². The molecule has 2 aromatic rings. The molecule has 0 saturated carbocycles. The molecule has 0 radical (unpaired) electrons. The highest BCUT2D eigenvalue weighted by Gasteiger charge is 2.16. The Morgan fingerprint density at radius 1 is 1.47 bits per heavy atom. The van der Waals surface area contributed by atoms with Gasteiger partial charge >= 0.3 is 0 Å². The number of aromatic nitrogens is 2. The van der Waals surface area contributed by atoms with Crippen molar-refractivity contribution in [1.82, 2.24) is 9.78 Å². The van der Waals surface area contributed by atoms with Crippen LogP contribution in [0.5, 0.6) is 0 Å². The molecule has 0 spiro atoms. The van der Waals surface area contributed by atoms with Gasteiger partial charge in [-0.3, -0.25) is 4.68 Å². The SMILES string of the molecule is Brc1ccc(CNc2cnn(CC3CCCO3)c2)o1. The van der Waals surface area contributed by atoms with E-state index in [1.165, 1.54) is 0 Å². The Bertz CT molecular complexity index is 531. The second-order valence-electron chi connectivity index (χ2n) is 4.65. The summed E-state index contributed by atoms with van der Waals surface area (Å²) in [5, 5.41) is 7.61. The zero-order valence-electron chi connectivity index (χ0n) is 10.5. The summed E-state index contributed by atoms with van der Waals surface area (Å²) in [6.45, 7) is 2.36. The number of ether oxygens (including phenoxy) is 1. The molecule has 3 heterocycles. The van der Waals surface area contributed by atoms with Crippen molar-refractivity contribution in [3.05, 3.63) is 35.0 Å². The zero-order chi connectivity index (χ0) is 13.1. The van der Waals surface area contributed by atoms with E-state index in [1.807, 2.05) is 29.2 Å².